The maximum absolute atomic E-state index is 13.6. The van der Waals surface area contributed by atoms with Crippen LogP contribution < -0.4 is 15.5 Å². The van der Waals surface area contributed by atoms with Crippen LogP contribution in [0.25, 0.3) is 16.4 Å². The Labute approximate surface area is 364 Å². The highest BCUT2D eigenvalue weighted by atomic mass is 16.3. The lowest BCUT2D eigenvalue weighted by Gasteiger charge is -2.74. The first kappa shape index (κ1) is 39.7. The summed E-state index contributed by atoms with van der Waals surface area (Å²) in [5.41, 5.74) is 4.97. The number of benzene rings is 2. The van der Waals surface area contributed by atoms with Crippen LogP contribution in [-0.4, -0.2) is 120 Å². The van der Waals surface area contributed by atoms with Crippen molar-refractivity contribution in [2.24, 2.45) is 5.92 Å². The van der Waals surface area contributed by atoms with E-state index in [4.69, 9.17) is 5.10 Å². The molecule has 324 valence electrons. The van der Waals surface area contributed by atoms with E-state index in [2.05, 4.69) is 53.4 Å². The third-order valence-electron chi connectivity index (χ3n) is 14.9. The van der Waals surface area contributed by atoms with Crippen molar-refractivity contribution in [3.8, 4) is 6.07 Å². The summed E-state index contributed by atoms with van der Waals surface area (Å²) >= 11 is 0. The summed E-state index contributed by atoms with van der Waals surface area (Å²) in [4.78, 5) is 60.3. The van der Waals surface area contributed by atoms with Crippen molar-refractivity contribution in [2.75, 3.05) is 56.0 Å². The van der Waals surface area contributed by atoms with E-state index in [9.17, 15) is 29.5 Å². The number of carbonyl (C=O) groups excluding carboxylic acids is 4. The average Bonchev–Trinajstić information content (AvgIpc) is 3.94. The molecule has 7 aliphatic rings. The Morgan fingerprint density at radius 3 is 2.48 bits per heavy atom. The van der Waals surface area contributed by atoms with Gasteiger partial charge in [0.05, 0.1) is 33.9 Å². The molecule has 3 N–H and O–H groups in total. The highest BCUT2D eigenvalue weighted by Gasteiger charge is 2.71. The maximum atomic E-state index is 13.6. The summed E-state index contributed by atoms with van der Waals surface area (Å²) < 4.78 is 3.64. The van der Waals surface area contributed by atoms with Gasteiger partial charge in [-0.3, -0.25) is 34.1 Å². The fourth-order valence-electron chi connectivity index (χ4n) is 11.5. The second-order valence-corrected chi connectivity index (χ2v) is 19.4. The van der Waals surface area contributed by atoms with E-state index >= 15 is 0 Å². The van der Waals surface area contributed by atoms with Crippen LogP contribution in [0.2, 0.25) is 0 Å². The van der Waals surface area contributed by atoms with Gasteiger partial charge in [0.1, 0.15) is 17.8 Å². The molecule has 4 amide bonds. The van der Waals surface area contributed by atoms with Crippen LogP contribution in [0.15, 0.2) is 60.9 Å². The fraction of sp³-hybridized carbons (Fsp3) is 0.468. The number of hydrogen-bond acceptors (Lipinski definition) is 11. The Bertz CT molecular complexity index is 2760. The third-order valence-corrected chi connectivity index (χ3v) is 14.9. The predicted octanol–water partition coefficient (Wildman–Crippen LogP) is 3.96. The van der Waals surface area contributed by atoms with E-state index in [1.807, 2.05) is 24.3 Å². The van der Waals surface area contributed by atoms with Crippen molar-refractivity contribution < 1.29 is 24.3 Å². The van der Waals surface area contributed by atoms with E-state index in [0.29, 0.717) is 52.5 Å². The molecule has 5 aromatic rings. The van der Waals surface area contributed by atoms with E-state index < -0.39 is 11.6 Å². The second-order valence-electron chi connectivity index (χ2n) is 19.4. The standard InChI is InChI=1S/C47H51N11O5/c1-45(2,63)36-20-37-32(19-38(36)50-43(61)40-6-4-34-17-30(21-48)22-49-58(34)40)25-57(52-37)47-26-46(27-47,28-47)55-15-13-53(14-16-55)23-29-9-11-54(12-10-29)33-3-5-35-31(18-33)24-56(44(35)62)39-7-8-41(59)51-42(39)60/h3-6,17-20,22,25,29,39,63H,7-16,23-24,26-28H2,1-2H3,(H,50,61)(H,51,59,60). The summed E-state index contributed by atoms with van der Waals surface area (Å²) in [5, 5.41) is 36.1. The van der Waals surface area contributed by atoms with Crippen LogP contribution in [0.1, 0.15) is 96.3 Å². The van der Waals surface area contributed by atoms with Crippen molar-refractivity contribution in [3.05, 3.63) is 88.9 Å². The van der Waals surface area contributed by atoms with Crippen LogP contribution in [0.3, 0.4) is 0 Å². The molecule has 1 atom stereocenters. The van der Waals surface area contributed by atoms with Gasteiger partial charge in [-0.2, -0.15) is 15.5 Å². The molecule has 0 spiro atoms. The van der Waals surface area contributed by atoms with E-state index in [1.54, 1.807) is 36.9 Å². The number of imide groups is 1. The van der Waals surface area contributed by atoms with Gasteiger partial charge in [0.15, 0.2) is 0 Å². The zero-order chi connectivity index (χ0) is 43.4. The van der Waals surface area contributed by atoms with Gasteiger partial charge >= 0.3 is 0 Å². The van der Waals surface area contributed by atoms with Gasteiger partial charge in [-0.25, -0.2) is 4.52 Å². The van der Waals surface area contributed by atoms with Gasteiger partial charge in [-0.05, 0) is 112 Å². The predicted molar refractivity (Wildman–Crippen MR) is 233 cm³/mol. The van der Waals surface area contributed by atoms with E-state index in [1.165, 1.54) is 10.7 Å². The number of carbonyl (C=O) groups is 4. The molecular weight excluding hydrogens is 799 g/mol. The lowest BCUT2D eigenvalue weighted by Crippen LogP contribution is -2.80. The Morgan fingerprint density at radius 1 is 0.968 bits per heavy atom. The molecule has 4 aliphatic heterocycles. The normalized spacial score (nSPS) is 25.5. The summed E-state index contributed by atoms with van der Waals surface area (Å²) in [6, 6.07) is 16.4. The molecule has 63 heavy (non-hydrogen) atoms. The summed E-state index contributed by atoms with van der Waals surface area (Å²) in [5.74, 6) is -0.512. The first-order valence-electron chi connectivity index (χ1n) is 22.2. The molecule has 3 aromatic heterocycles. The molecule has 6 fully saturated rings. The number of fused-ring (bicyclic) bond motifs is 3. The third kappa shape index (κ3) is 6.67. The zero-order valence-corrected chi connectivity index (χ0v) is 35.6. The second kappa shape index (κ2) is 14.4. The number of aromatic nitrogens is 4. The topological polar surface area (TPSA) is 184 Å². The molecule has 1 unspecified atom stereocenters. The first-order valence-corrected chi connectivity index (χ1v) is 22.2. The molecule has 16 nitrogen and oxygen atoms in total. The molecule has 0 radical (unpaired) electrons. The first-order chi connectivity index (χ1) is 30.3. The number of anilines is 2. The van der Waals surface area contributed by atoms with Gasteiger partial charge in [0.2, 0.25) is 11.8 Å². The van der Waals surface area contributed by atoms with Gasteiger partial charge < -0.3 is 25.1 Å². The van der Waals surface area contributed by atoms with E-state index in [0.717, 1.165) is 100 Å². The summed E-state index contributed by atoms with van der Waals surface area (Å²) in [6.07, 6.45) is 9.61. The average molecular weight is 850 g/mol. The Morgan fingerprint density at radius 2 is 1.75 bits per heavy atom. The zero-order valence-electron chi connectivity index (χ0n) is 35.6. The van der Waals surface area contributed by atoms with Crippen molar-refractivity contribution in [3.63, 3.8) is 0 Å². The van der Waals surface area contributed by atoms with Crippen molar-refractivity contribution in [2.45, 2.75) is 88.1 Å². The lowest BCUT2D eigenvalue weighted by atomic mass is 9.43. The molecule has 2 bridgehead atoms. The van der Waals surface area contributed by atoms with Crippen molar-refractivity contribution in [1.29, 1.82) is 5.26 Å². The van der Waals surface area contributed by atoms with Crippen molar-refractivity contribution >= 4 is 51.4 Å². The SMILES string of the molecule is CC(C)(O)c1cc2nn(C34CC(N5CCN(CC6CCN(c7ccc8c(c7)CN(C7CCC(=O)NC7=O)C8=O)CC6)CC5)(C3)C4)cc2cc1NC(=O)c1ccc2cc(C#N)cnn12. The smallest absolute Gasteiger partial charge is 0.274 e. The molecular formula is C47H51N11O5. The Hall–Kier alpha value is -6.15. The molecule has 3 saturated carbocycles. The number of rotatable bonds is 9. The molecule has 2 aromatic carbocycles. The Balaban J connectivity index is 0.677. The fourth-order valence-corrected chi connectivity index (χ4v) is 11.5. The molecule has 3 aliphatic carbocycles. The number of nitrogens with zero attached hydrogens (tertiary/aromatic N) is 9. The number of hydrogen-bond donors (Lipinski definition) is 3. The van der Waals surface area contributed by atoms with Crippen LogP contribution in [0.4, 0.5) is 11.4 Å². The quantitative estimate of drug-likeness (QED) is 0.183. The summed E-state index contributed by atoms with van der Waals surface area (Å²) in [7, 11) is 0. The minimum absolute atomic E-state index is 0.0114. The van der Waals surface area contributed by atoms with Crippen LogP contribution in [0, 0.1) is 17.2 Å². The van der Waals surface area contributed by atoms with E-state index in [-0.39, 0.29) is 41.1 Å². The molecule has 3 saturated heterocycles. The molecule has 16 heteroatoms. The monoisotopic (exact) mass is 849 g/mol. The van der Waals surface area contributed by atoms with Crippen LogP contribution in [-0.2, 0) is 27.3 Å². The number of piperazine rings is 1. The minimum atomic E-state index is -1.24. The molecule has 7 heterocycles. The van der Waals surface area contributed by atoms with Gasteiger partial charge in [0.25, 0.3) is 11.8 Å². The lowest BCUT2D eigenvalue weighted by molar-refractivity contribution is -0.217. The Kier molecular flexibility index (Phi) is 9.10. The highest BCUT2D eigenvalue weighted by molar-refractivity contribution is 6.06. The highest BCUT2D eigenvalue weighted by Crippen LogP contribution is 2.68. The number of nitriles is 1. The number of piperidine rings is 2. The maximum Gasteiger partial charge on any atom is 0.274 e. The van der Waals surface area contributed by atoms with Gasteiger partial charge in [-0.15, -0.1) is 0 Å². The number of nitrogens with one attached hydrogen (secondary N) is 2. The molecule has 12 rings (SSSR count). The van der Waals surface area contributed by atoms with Gasteiger partial charge in [0, 0.05) is 98.4 Å². The number of aliphatic hydroxyl groups is 1. The summed E-state index contributed by atoms with van der Waals surface area (Å²) in [6.45, 7) is 11.2. The van der Waals surface area contributed by atoms with Crippen molar-refractivity contribution in [1.82, 2.24) is 39.4 Å². The van der Waals surface area contributed by atoms with Crippen LogP contribution in [0.5, 0.6) is 0 Å². The number of amides is 4. The minimum Gasteiger partial charge on any atom is -0.386 e. The van der Waals surface area contributed by atoms with Crippen LogP contribution >= 0.6 is 0 Å². The van der Waals surface area contributed by atoms with Gasteiger partial charge in [-0.1, -0.05) is 0 Å². The largest absolute Gasteiger partial charge is 0.386 e.